The van der Waals surface area contributed by atoms with E-state index in [0.717, 1.165) is 36.3 Å². The third-order valence-corrected chi connectivity index (χ3v) is 4.45. The molecule has 1 aliphatic heterocycles. The van der Waals surface area contributed by atoms with Crippen LogP contribution in [0.1, 0.15) is 17.8 Å². The van der Waals surface area contributed by atoms with Gasteiger partial charge in [0, 0.05) is 13.0 Å². The summed E-state index contributed by atoms with van der Waals surface area (Å²) in [5.41, 5.74) is 1.05. The molecule has 2 heterocycles. The lowest BCUT2D eigenvalue weighted by molar-refractivity contribution is -0.122. The van der Waals surface area contributed by atoms with Crippen LogP contribution >= 0.6 is 11.3 Å². The first-order valence-electron chi connectivity index (χ1n) is 6.68. The molecule has 1 aliphatic rings. The Kier molecular flexibility index (Phi) is 3.75. The summed E-state index contributed by atoms with van der Waals surface area (Å²) >= 11 is 1.70. The van der Waals surface area contributed by atoms with Crippen molar-refractivity contribution in [3.05, 3.63) is 29.3 Å². The third kappa shape index (κ3) is 2.93. The van der Waals surface area contributed by atoms with Gasteiger partial charge in [-0.1, -0.05) is 12.1 Å². The van der Waals surface area contributed by atoms with Crippen LogP contribution in [0.5, 0.6) is 0 Å². The number of thiazole rings is 1. The summed E-state index contributed by atoms with van der Waals surface area (Å²) in [5, 5.41) is 7.27. The van der Waals surface area contributed by atoms with Gasteiger partial charge in [0.05, 0.1) is 21.3 Å². The molecule has 2 aromatic rings. The van der Waals surface area contributed by atoms with Crippen molar-refractivity contribution in [3.63, 3.8) is 0 Å². The van der Waals surface area contributed by atoms with E-state index in [4.69, 9.17) is 0 Å². The molecule has 5 heteroatoms. The monoisotopic (exact) mass is 275 g/mol. The normalized spacial score (nSPS) is 18.8. The molecular weight excluding hydrogens is 258 g/mol. The molecule has 0 bridgehead atoms. The van der Waals surface area contributed by atoms with Crippen molar-refractivity contribution >= 4 is 27.5 Å². The molecular formula is C14H17N3OS. The first kappa shape index (κ1) is 12.6. The van der Waals surface area contributed by atoms with Crippen LogP contribution in [0, 0.1) is 0 Å². The van der Waals surface area contributed by atoms with Gasteiger partial charge in [0.15, 0.2) is 0 Å². The van der Waals surface area contributed by atoms with Gasteiger partial charge < -0.3 is 10.6 Å². The first-order chi connectivity index (χ1) is 9.33. The average Bonchev–Trinajstić information content (AvgIpc) is 3.07. The summed E-state index contributed by atoms with van der Waals surface area (Å²) < 4.78 is 1.21. The Bertz CT molecular complexity index is 542. The summed E-state index contributed by atoms with van der Waals surface area (Å²) in [6, 6.07) is 8.14. The predicted octanol–water partition coefficient (Wildman–Crippen LogP) is 1.71. The maximum atomic E-state index is 11.8. The van der Waals surface area contributed by atoms with Crippen LogP contribution in [0.25, 0.3) is 10.2 Å². The number of carbonyl (C=O) groups is 1. The maximum absolute atomic E-state index is 11.8. The van der Waals surface area contributed by atoms with Crippen molar-refractivity contribution < 1.29 is 4.79 Å². The van der Waals surface area contributed by atoms with Gasteiger partial charge in [-0.15, -0.1) is 11.3 Å². The molecule has 3 rings (SSSR count). The molecule has 2 N–H and O–H groups in total. The highest BCUT2D eigenvalue weighted by atomic mass is 32.1. The Morgan fingerprint density at radius 3 is 3.16 bits per heavy atom. The van der Waals surface area contributed by atoms with Crippen molar-refractivity contribution in [2.75, 3.05) is 13.1 Å². The highest BCUT2D eigenvalue weighted by molar-refractivity contribution is 7.18. The Morgan fingerprint density at radius 1 is 1.47 bits per heavy atom. The minimum atomic E-state index is 0.00960. The Hall–Kier alpha value is -1.46. The van der Waals surface area contributed by atoms with Crippen molar-refractivity contribution in [2.45, 2.75) is 25.3 Å². The number of fused-ring (bicyclic) bond motifs is 1. The van der Waals surface area contributed by atoms with E-state index in [-0.39, 0.29) is 11.9 Å². The number of carbonyl (C=O) groups excluding carboxylic acids is 1. The number of aromatic nitrogens is 1. The van der Waals surface area contributed by atoms with E-state index in [1.807, 2.05) is 18.2 Å². The zero-order chi connectivity index (χ0) is 13.1. The molecule has 1 unspecified atom stereocenters. The van der Waals surface area contributed by atoms with Crippen LogP contribution in [0.4, 0.5) is 0 Å². The summed E-state index contributed by atoms with van der Waals surface area (Å²) in [7, 11) is 0. The zero-order valence-electron chi connectivity index (χ0n) is 10.7. The molecule has 1 amide bonds. The van der Waals surface area contributed by atoms with E-state index in [9.17, 15) is 4.79 Å². The van der Waals surface area contributed by atoms with Crippen molar-refractivity contribution in [1.82, 2.24) is 15.6 Å². The lowest BCUT2D eigenvalue weighted by atomic mass is 10.2. The van der Waals surface area contributed by atoms with E-state index >= 15 is 0 Å². The first-order valence-corrected chi connectivity index (χ1v) is 7.50. The molecule has 0 saturated carbocycles. The zero-order valence-corrected chi connectivity index (χ0v) is 11.5. The fourth-order valence-electron chi connectivity index (χ4n) is 2.35. The minimum absolute atomic E-state index is 0.00960. The van der Waals surface area contributed by atoms with E-state index in [1.165, 1.54) is 4.70 Å². The fraction of sp³-hybridized carbons (Fsp3) is 0.429. The quantitative estimate of drug-likeness (QED) is 0.893. The number of nitrogens with zero attached hydrogens (tertiary/aromatic N) is 1. The van der Waals surface area contributed by atoms with E-state index in [1.54, 1.807) is 11.3 Å². The SMILES string of the molecule is O=C(NCCc1nc2ccccc2s1)C1CCCN1. The number of rotatable bonds is 4. The Balaban J connectivity index is 1.53. The smallest absolute Gasteiger partial charge is 0.237 e. The number of hydrogen-bond donors (Lipinski definition) is 2. The molecule has 1 fully saturated rings. The number of hydrogen-bond acceptors (Lipinski definition) is 4. The standard InChI is InChI=1S/C14H17N3OS/c18-14(11-5-3-8-15-11)16-9-7-13-17-10-4-1-2-6-12(10)19-13/h1-2,4,6,11,15H,3,5,7-9H2,(H,16,18). The number of nitrogens with one attached hydrogen (secondary N) is 2. The molecule has 1 atom stereocenters. The van der Waals surface area contributed by atoms with Crippen LogP contribution in [-0.4, -0.2) is 30.0 Å². The molecule has 1 saturated heterocycles. The summed E-state index contributed by atoms with van der Waals surface area (Å²) in [6.45, 7) is 1.62. The van der Waals surface area contributed by atoms with Crippen molar-refractivity contribution in [3.8, 4) is 0 Å². The van der Waals surface area contributed by atoms with Gasteiger partial charge in [-0.3, -0.25) is 4.79 Å². The fourth-order valence-corrected chi connectivity index (χ4v) is 3.32. The molecule has 1 aromatic carbocycles. The van der Waals surface area contributed by atoms with Crippen molar-refractivity contribution in [2.24, 2.45) is 0 Å². The molecule has 100 valence electrons. The summed E-state index contributed by atoms with van der Waals surface area (Å²) in [5.74, 6) is 0.124. The average molecular weight is 275 g/mol. The predicted molar refractivity (Wildman–Crippen MR) is 77.4 cm³/mol. The highest BCUT2D eigenvalue weighted by Crippen LogP contribution is 2.21. The largest absolute Gasteiger partial charge is 0.354 e. The van der Waals surface area contributed by atoms with Crippen LogP contribution < -0.4 is 10.6 Å². The van der Waals surface area contributed by atoms with Crippen LogP contribution in [0.15, 0.2) is 24.3 Å². The lowest BCUT2D eigenvalue weighted by Crippen LogP contribution is -2.41. The molecule has 0 spiro atoms. The van der Waals surface area contributed by atoms with E-state index in [2.05, 4.69) is 21.7 Å². The number of amides is 1. The van der Waals surface area contributed by atoms with Crippen LogP contribution in [-0.2, 0) is 11.2 Å². The van der Waals surface area contributed by atoms with Gasteiger partial charge in [-0.25, -0.2) is 4.98 Å². The summed E-state index contributed by atoms with van der Waals surface area (Å²) in [4.78, 5) is 16.4. The second-order valence-electron chi connectivity index (χ2n) is 4.77. The summed E-state index contributed by atoms with van der Waals surface area (Å²) in [6.07, 6.45) is 2.85. The Labute approximate surface area is 116 Å². The lowest BCUT2D eigenvalue weighted by Gasteiger charge is -2.09. The van der Waals surface area contributed by atoms with E-state index < -0.39 is 0 Å². The molecule has 1 aromatic heterocycles. The topological polar surface area (TPSA) is 54.0 Å². The van der Waals surface area contributed by atoms with E-state index in [0.29, 0.717) is 6.54 Å². The van der Waals surface area contributed by atoms with Crippen LogP contribution in [0.2, 0.25) is 0 Å². The third-order valence-electron chi connectivity index (χ3n) is 3.35. The van der Waals surface area contributed by atoms with Gasteiger partial charge in [-0.05, 0) is 31.5 Å². The maximum Gasteiger partial charge on any atom is 0.237 e. The van der Waals surface area contributed by atoms with Gasteiger partial charge >= 0.3 is 0 Å². The van der Waals surface area contributed by atoms with Gasteiger partial charge in [0.2, 0.25) is 5.91 Å². The van der Waals surface area contributed by atoms with Crippen molar-refractivity contribution in [1.29, 1.82) is 0 Å². The highest BCUT2D eigenvalue weighted by Gasteiger charge is 2.21. The van der Waals surface area contributed by atoms with Gasteiger partial charge in [-0.2, -0.15) is 0 Å². The van der Waals surface area contributed by atoms with Gasteiger partial charge in [0.25, 0.3) is 0 Å². The Morgan fingerprint density at radius 2 is 2.37 bits per heavy atom. The van der Waals surface area contributed by atoms with Crippen LogP contribution in [0.3, 0.4) is 0 Å². The molecule has 19 heavy (non-hydrogen) atoms. The molecule has 4 nitrogen and oxygen atoms in total. The molecule has 0 aliphatic carbocycles. The number of benzene rings is 1. The second kappa shape index (κ2) is 5.67. The van der Waals surface area contributed by atoms with Gasteiger partial charge in [0.1, 0.15) is 0 Å². The molecule has 0 radical (unpaired) electrons. The second-order valence-corrected chi connectivity index (χ2v) is 5.88. The minimum Gasteiger partial charge on any atom is -0.354 e. The number of para-hydroxylation sites is 1.